The largest absolute Gasteiger partial charge is 0.497 e. The fourth-order valence-electron chi connectivity index (χ4n) is 2.42. The maximum Gasteiger partial charge on any atom is 0.119 e. The normalized spacial score (nSPS) is 12.3. The number of benzene rings is 2. The van der Waals surface area contributed by atoms with Gasteiger partial charge in [0.05, 0.1) is 24.4 Å². The summed E-state index contributed by atoms with van der Waals surface area (Å²) in [7, 11) is 1.65. The van der Waals surface area contributed by atoms with Crippen molar-refractivity contribution >= 4 is 10.9 Å². The molecular formula is C17H17N3O. The molecule has 0 radical (unpaired) electrons. The topological polar surface area (TPSA) is 60.2 Å². The first-order valence-corrected chi connectivity index (χ1v) is 6.77. The molecule has 0 amide bonds. The van der Waals surface area contributed by atoms with Gasteiger partial charge in [0, 0.05) is 5.39 Å². The van der Waals surface area contributed by atoms with Crippen LogP contribution in [0.1, 0.15) is 17.3 Å². The van der Waals surface area contributed by atoms with Gasteiger partial charge in [-0.15, -0.1) is 0 Å². The molecule has 0 bridgehead atoms. The molecule has 21 heavy (non-hydrogen) atoms. The number of aromatic nitrogens is 1. The van der Waals surface area contributed by atoms with Gasteiger partial charge in [0.25, 0.3) is 0 Å². The summed E-state index contributed by atoms with van der Waals surface area (Å²) >= 11 is 0. The van der Waals surface area contributed by atoms with E-state index in [1.54, 1.807) is 7.11 Å². The average Bonchev–Trinajstić information content (AvgIpc) is 2.56. The van der Waals surface area contributed by atoms with Crippen LogP contribution >= 0.6 is 0 Å². The summed E-state index contributed by atoms with van der Waals surface area (Å²) in [6, 6.07) is 19.7. The van der Waals surface area contributed by atoms with E-state index in [-0.39, 0.29) is 6.04 Å². The molecule has 4 heteroatoms. The second-order valence-electron chi connectivity index (χ2n) is 4.81. The van der Waals surface area contributed by atoms with Crippen molar-refractivity contribution in [2.24, 2.45) is 5.84 Å². The highest BCUT2D eigenvalue weighted by atomic mass is 16.5. The molecule has 0 spiro atoms. The van der Waals surface area contributed by atoms with Crippen molar-refractivity contribution in [1.82, 2.24) is 10.4 Å². The quantitative estimate of drug-likeness (QED) is 0.569. The molecule has 1 atom stereocenters. The number of methoxy groups -OCH3 is 1. The number of nitrogens with zero attached hydrogens (tertiary/aromatic N) is 1. The minimum absolute atomic E-state index is 0.176. The van der Waals surface area contributed by atoms with Gasteiger partial charge in [-0.3, -0.25) is 10.8 Å². The number of nitrogens with one attached hydrogen (secondary N) is 1. The van der Waals surface area contributed by atoms with Gasteiger partial charge in [0.1, 0.15) is 5.75 Å². The minimum Gasteiger partial charge on any atom is -0.497 e. The molecule has 3 aromatic rings. The van der Waals surface area contributed by atoms with E-state index in [9.17, 15) is 0 Å². The van der Waals surface area contributed by atoms with Gasteiger partial charge in [-0.2, -0.15) is 0 Å². The van der Waals surface area contributed by atoms with Crippen LogP contribution in [0, 0.1) is 0 Å². The molecule has 1 unspecified atom stereocenters. The Kier molecular flexibility index (Phi) is 3.81. The van der Waals surface area contributed by atoms with Crippen molar-refractivity contribution in [3.05, 3.63) is 71.9 Å². The highest BCUT2D eigenvalue weighted by Crippen LogP contribution is 2.25. The molecule has 3 N–H and O–H groups in total. The van der Waals surface area contributed by atoms with Gasteiger partial charge in [0.2, 0.25) is 0 Å². The number of hydrogen-bond donors (Lipinski definition) is 2. The van der Waals surface area contributed by atoms with Crippen LogP contribution < -0.4 is 16.0 Å². The molecule has 1 aromatic heterocycles. The fraction of sp³-hybridized carbons (Fsp3) is 0.118. The molecule has 0 saturated heterocycles. The van der Waals surface area contributed by atoms with Gasteiger partial charge in [-0.25, -0.2) is 5.43 Å². The van der Waals surface area contributed by atoms with Gasteiger partial charge < -0.3 is 4.74 Å². The predicted octanol–water partition coefficient (Wildman–Crippen LogP) is 2.80. The highest BCUT2D eigenvalue weighted by Gasteiger charge is 2.14. The molecule has 2 aromatic carbocycles. The summed E-state index contributed by atoms with van der Waals surface area (Å²) in [5, 5.41) is 1.11. The van der Waals surface area contributed by atoms with Crippen LogP contribution in [0.2, 0.25) is 0 Å². The molecule has 1 heterocycles. The summed E-state index contributed by atoms with van der Waals surface area (Å²) in [4.78, 5) is 4.69. The predicted molar refractivity (Wildman–Crippen MR) is 83.9 cm³/mol. The molecule has 106 valence electrons. The van der Waals surface area contributed by atoms with E-state index in [4.69, 9.17) is 15.6 Å². The number of nitrogens with two attached hydrogens (primary N) is 1. The van der Waals surface area contributed by atoms with E-state index < -0.39 is 0 Å². The van der Waals surface area contributed by atoms with E-state index in [1.165, 1.54) is 0 Å². The molecule has 3 rings (SSSR count). The van der Waals surface area contributed by atoms with E-state index in [0.717, 1.165) is 27.9 Å². The molecule has 0 aliphatic rings. The Morgan fingerprint density at radius 3 is 2.71 bits per heavy atom. The van der Waals surface area contributed by atoms with Crippen LogP contribution in [0.4, 0.5) is 0 Å². The molecule has 0 aliphatic carbocycles. The lowest BCUT2D eigenvalue weighted by Gasteiger charge is -2.17. The highest BCUT2D eigenvalue weighted by molar-refractivity contribution is 5.78. The first-order valence-electron chi connectivity index (χ1n) is 6.77. The molecular weight excluding hydrogens is 262 g/mol. The average molecular weight is 279 g/mol. The van der Waals surface area contributed by atoms with Crippen molar-refractivity contribution < 1.29 is 4.74 Å². The zero-order chi connectivity index (χ0) is 14.7. The number of rotatable bonds is 4. The minimum atomic E-state index is -0.176. The summed E-state index contributed by atoms with van der Waals surface area (Å²) in [6.07, 6.45) is 0. The standard InChI is InChI=1S/C17H17N3O/c1-21-14-7-4-6-13(11-14)17(20-18)16-10-9-12-5-2-3-8-15(12)19-16/h2-11,17,20H,18H2,1H3. The summed E-state index contributed by atoms with van der Waals surface area (Å²) in [5.41, 5.74) is 5.68. The molecule has 0 saturated carbocycles. The lowest BCUT2D eigenvalue weighted by Crippen LogP contribution is -2.29. The Labute approximate surface area is 123 Å². The Morgan fingerprint density at radius 1 is 1.05 bits per heavy atom. The first-order chi connectivity index (χ1) is 10.3. The van der Waals surface area contributed by atoms with Crippen molar-refractivity contribution in [3.63, 3.8) is 0 Å². The lowest BCUT2D eigenvalue weighted by molar-refractivity contribution is 0.413. The van der Waals surface area contributed by atoms with E-state index in [2.05, 4.69) is 11.5 Å². The lowest BCUT2D eigenvalue weighted by atomic mass is 10.0. The van der Waals surface area contributed by atoms with Crippen LogP contribution in [0.25, 0.3) is 10.9 Å². The van der Waals surface area contributed by atoms with Crippen molar-refractivity contribution in [3.8, 4) is 5.75 Å². The Morgan fingerprint density at radius 2 is 1.90 bits per heavy atom. The summed E-state index contributed by atoms with van der Waals surface area (Å²) in [6.45, 7) is 0. The third-order valence-corrected chi connectivity index (χ3v) is 3.51. The van der Waals surface area contributed by atoms with Crippen LogP contribution in [-0.4, -0.2) is 12.1 Å². The zero-order valence-electron chi connectivity index (χ0n) is 11.8. The van der Waals surface area contributed by atoms with E-state index in [1.807, 2.05) is 54.6 Å². The Bertz CT molecular complexity index is 758. The number of para-hydroxylation sites is 1. The Hall–Kier alpha value is -2.43. The third-order valence-electron chi connectivity index (χ3n) is 3.51. The Balaban J connectivity index is 2.04. The fourth-order valence-corrected chi connectivity index (χ4v) is 2.42. The molecule has 0 aliphatic heterocycles. The molecule has 0 fully saturated rings. The van der Waals surface area contributed by atoms with Crippen molar-refractivity contribution in [2.45, 2.75) is 6.04 Å². The summed E-state index contributed by atoms with van der Waals surface area (Å²) in [5.74, 6) is 6.54. The number of pyridine rings is 1. The van der Waals surface area contributed by atoms with Crippen LogP contribution in [0.15, 0.2) is 60.7 Å². The van der Waals surface area contributed by atoms with Crippen molar-refractivity contribution in [2.75, 3.05) is 7.11 Å². The molecule has 4 nitrogen and oxygen atoms in total. The van der Waals surface area contributed by atoms with Gasteiger partial charge in [-0.1, -0.05) is 36.4 Å². The number of hydrazine groups is 1. The first kappa shape index (κ1) is 13.5. The third kappa shape index (κ3) is 2.72. The SMILES string of the molecule is COc1cccc(C(NN)c2ccc3ccccc3n2)c1. The van der Waals surface area contributed by atoms with E-state index >= 15 is 0 Å². The zero-order valence-corrected chi connectivity index (χ0v) is 11.8. The monoisotopic (exact) mass is 279 g/mol. The number of fused-ring (bicyclic) bond motifs is 1. The summed E-state index contributed by atoms with van der Waals surface area (Å²) < 4.78 is 5.27. The van der Waals surface area contributed by atoms with Crippen molar-refractivity contribution in [1.29, 1.82) is 0 Å². The van der Waals surface area contributed by atoms with Crippen LogP contribution in [0.3, 0.4) is 0 Å². The van der Waals surface area contributed by atoms with Crippen LogP contribution in [-0.2, 0) is 0 Å². The second-order valence-corrected chi connectivity index (χ2v) is 4.81. The number of ether oxygens (including phenoxy) is 1. The number of hydrogen-bond acceptors (Lipinski definition) is 4. The maximum absolute atomic E-state index is 5.74. The van der Waals surface area contributed by atoms with Crippen LogP contribution in [0.5, 0.6) is 5.75 Å². The van der Waals surface area contributed by atoms with Gasteiger partial charge in [-0.05, 0) is 29.8 Å². The maximum atomic E-state index is 5.74. The van der Waals surface area contributed by atoms with E-state index in [0.29, 0.717) is 0 Å². The van der Waals surface area contributed by atoms with Gasteiger partial charge >= 0.3 is 0 Å². The second kappa shape index (κ2) is 5.91. The smallest absolute Gasteiger partial charge is 0.119 e. The van der Waals surface area contributed by atoms with Gasteiger partial charge in [0.15, 0.2) is 0 Å².